The van der Waals surface area contributed by atoms with Crippen LogP contribution in [0.5, 0.6) is 0 Å². The molecule has 0 saturated heterocycles. The van der Waals surface area contributed by atoms with Gasteiger partial charge >= 0.3 is 6.03 Å². The highest BCUT2D eigenvalue weighted by Gasteiger charge is 2.22. The molecule has 1 fully saturated rings. The first-order chi connectivity index (χ1) is 10.0. The number of benzene rings is 1. The van der Waals surface area contributed by atoms with Crippen LogP contribution in [-0.4, -0.2) is 17.8 Å². The Balaban J connectivity index is 1.90. The summed E-state index contributed by atoms with van der Waals surface area (Å²) in [5.41, 5.74) is 0.529. The van der Waals surface area contributed by atoms with E-state index in [1.807, 2.05) is 0 Å². The highest BCUT2D eigenvalue weighted by Crippen LogP contribution is 2.27. The summed E-state index contributed by atoms with van der Waals surface area (Å²) in [6, 6.07) is 6.43. The van der Waals surface area contributed by atoms with E-state index in [-0.39, 0.29) is 12.1 Å². The molecule has 2 unspecified atom stereocenters. The SMILES string of the molecule is CC1CCCCC1NC(=O)Nc1cccc(SC(F)F)c1. The number of nitrogens with one attached hydrogen (secondary N) is 2. The van der Waals surface area contributed by atoms with Crippen molar-refractivity contribution in [1.82, 2.24) is 5.32 Å². The van der Waals surface area contributed by atoms with Gasteiger partial charge in [-0.3, -0.25) is 0 Å². The number of carbonyl (C=O) groups is 1. The van der Waals surface area contributed by atoms with Crippen molar-refractivity contribution in [2.24, 2.45) is 5.92 Å². The lowest BCUT2D eigenvalue weighted by molar-refractivity contribution is 0.232. The molecular formula is C15H20F2N2OS. The molecule has 0 aromatic heterocycles. The Morgan fingerprint density at radius 2 is 2.10 bits per heavy atom. The molecular weight excluding hydrogens is 294 g/mol. The molecule has 0 radical (unpaired) electrons. The van der Waals surface area contributed by atoms with Crippen molar-refractivity contribution in [3.05, 3.63) is 24.3 Å². The molecule has 2 N–H and O–H groups in total. The summed E-state index contributed by atoms with van der Waals surface area (Å²) in [7, 11) is 0. The van der Waals surface area contributed by atoms with E-state index in [0.717, 1.165) is 19.3 Å². The van der Waals surface area contributed by atoms with Gasteiger partial charge in [-0.05, 0) is 37.0 Å². The summed E-state index contributed by atoms with van der Waals surface area (Å²) in [6.07, 6.45) is 4.48. The molecule has 2 atom stereocenters. The molecule has 6 heteroatoms. The van der Waals surface area contributed by atoms with E-state index in [4.69, 9.17) is 0 Å². The van der Waals surface area contributed by atoms with Crippen LogP contribution in [0.2, 0.25) is 0 Å². The lowest BCUT2D eigenvalue weighted by atomic mass is 9.86. The second-order valence-corrected chi connectivity index (χ2v) is 6.44. The minimum atomic E-state index is -2.46. The fourth-order valence-electron chi connectivity index (χ4n) is 2.62. The summed E-state index contributed by atoms with van der Waals surface area (Å²) in [6.45, 7) is 2.14. The molecule has 2 rings (SSSR count). The molecule has 0 spiro atoms. The van der Waals surface area contributed by atoms with Crippen LogP contribution in [0.25, 0.3) is 0 Å². The summed E-state index contributed by atoms with van der Waals surface area (Å²) in [5, 5.41) is 5.69. The van der Waals surface area contributed by atoms with Crippen LogP contribution in [-0.2, 0) is 0 Å². The average molecular weight is 314 g/mol. The highest BCUT2D eigenvalue weighted by atomic mass is 32.2. The Kier molecular flexibility index (Phi) is 5.85. The Morgan fingerprint density at radius 3 is 2.81 bits per heavy atom. The van der Waals surface area contributed by atoms with E-state index in [9.17, 15) is 13.6 Å². The summed E-state index contributed by atoms with van der Waals surface area (Å²) in [4.78, 5) is 12.4. The molecule has 1 aromatic carbocycles. The normalized spacial score (nSPS) is 22.1. The summed E-state index contributed by atoms with van der Waals surface area (Å²) in [5.74, 6) is -1.98. The summed E-state index contributed by atoms with van der Waals surface area (Å²) >= 11 is 0.471. The van der Waals surface area contributed by atoms with E-state index in [2.05, 4.69) is 17.6 Å². The number of hydrogen-bond acceptors (Lipinski definition) is 2. The van der Waals surface area contributed by atoms with E-state index in [1.54, 1.807) is 24.3 Å². The smallest absolute Gasteiger partial charge is 0.319 e. The number of thioether (sulfide) groups is 1. The number of rotatable bonds is 4. The van der Waals surface area contributed by atoms with Gasteiger partial charge in [0.15, 0.2) is 0 Å². The Labute approximate surface area is 127 Å². The van der Waals surface area contributed by atoms with Crippen LogP contribution in [0.15, 0.2) is 29.2 Å². The number of hydrogen-bond donors (Lipinski definition) is 2. The van der Waals surface area contributed by atoms with Gasteiger partial charge in [0.1, 0.15) is 0 Å². The Bertz CT molecular complexity index is 484. The largest absolute Gasteiger partial charge is 0.335 e. The van der Waals surface area contributed by atoms with Crippen LogP contribution in [0.3, 0.4) is 0 Å². The lowest BCUT2D eigenvalue weighted by Crippen LogP contribution is -2.43. The monoisotopic (exact) mass is 314 g/mol. The zero-order valence-electron chi connectivity index (χ0n) is 11.9. The number of anilines is 1. The maximum Gasteiger partial charge on any atom is 0.319 e. The first-order valence-electron chi connectivity index (χ1n) is 7.17. The number of alkyl halides is 2. The van der Waals surface area contributed by atoms with Crippen molar-refractivity contribution >= 4 is 23.5 Å². The van der Waals surface area contributed by atoms with Gasteiger partial charge in [0.25, 0.3) is 5.76 Å². The maximum absolute atomic E-state index is 12.3. The van der Waals surface area contributed by atoms with Crippen molar-refractivity contribution in [1.29, 1.82) is 0 Å². The van der Waals surface area contributed by atoms with E-state index in [0.29, 0.717) is 28.3 Å². The number of carbonyl (C=O) groups excluding carboxylic acids is 1. The van der Waals surface area contributed by atoms with E-state index in [1.165, 1.54) is 6.42 Å². The predicted octanol–water partition coefficient (Wildman–Crippen LogP) is 4.70. The first kappa shape index (κ1) is 16.1. The van der Waals surface area contributed by atoms with E-state index >= 15 is 0 Å². The second kappa shape index (κ2) is 7.64. The molecule has 1 aromatic rings. The van der Waals surface area contributed by atoms with Crippen LogP contribution in [0.1, 0.15) is 32.6 Å². The van der Waals surface area contributed by atoms with Crippen LogP contribution in [0.4, 0.5) is 19.3 Å². The summed E-state index contributed by atoms with van der Waals surface area (Å²) < 4.78 is 24.7. The fourth-order valence-corrected chi connectivity index (χ4v) is 3.17. The topological polar surface area (TPSA) is 41.1 Å². The van der Waals surface area contributed by atoms with Crippen LogP contribution in [0, 0.1) is 5.92 Å². The minimum absolute atomic E-state index is 0.192. The molecule has 1 saturated carbocycles. The van der Waals surface area contributed by atoms with Gasteiger partial charge in [0.05, 0.1) is 0 Å². The van der Waals surface area contributed by atoms with Crippen molar-refractivity contribution in [2.45, 2.75) is 49.3 Å². The van der Waals surface area contributed by atoms with Gasteiger partial charge < -0.3 is 10.6 Å². The van der Waals surface area contributed by atoms with Crippen LogP contribution < -0.4 is 10.6 Å². The van der Waals surface area contributed by atoms with Crippen LogP contribution >= 0.6 is 11.8 Å². The van der Waals surface area contributed by atoms with Crippen molar-refractivity contribution in [2.75, 3.05) is 5.32 Å². The third-order valence-corrected chi connectivity index (χ3v) is 4.45. The highest BCUT2D eigenvalue weighted by molar-refractivity contribution is 7.99. The van der Waals surface area contributed by atoms with Crippen molar-refractivity contribution < 1.29 is 13.6 Å². The lowest BCUT2D eigenvalue weighted by Gasteiger charge is -2.29. The molecule has 2 amide bonds. The third-order valence-electron chi connectivity index (χ3n) is 3.75. The fraction of sp³-hybridized carbons (Fsp3) is 0.533. The number of amides is 2. The van der Waals surface area contributed by atoms with Crippen molar-refractivity contribution in [3.8, 4) is 0 Å². The van der Waals surface area contributed by atoms with Gasteiger partial charge in [0.2, 0.25) is 0 Å². The first-order valence-corrected chi connectivity index (χ1v) is 8.05. The van der Waals surface area contributed by atoms with Gasteiger partial charge in [-0.15, -0.1) is 0 Å². The third kappa shape index (κ3) is 5.19. The molecule has 116 valence electrons. The van der Waals surface area contributed by atoms with E-state index < -0.39 is 5.76 Å². The van der Waals surface area contributed by atoms with Gasteiger partial charge in [-0.1, -0.05) is 37.6 Å². The predicted molar refractivity (Wildman–Crippen MR) is 81.9 cm³/mol. The Hall–Kier alpha value is -1.30. The second-order valence-electron chi connectivity index (χ2n) is 5.37. The molecule has 0 bridgehead atoms. The molecule has 1 aliphatic carbocycles. The number of halogens is 2. The number of urea groups is 1. The van der Waals surface area contributed by atoms with Gasteiger partial charge in [-0.2, -0.15) is 8.78 Å². The Morgan fingerprint density at radius 1 is 1.33 bits per heavy atom. The van der Waals surface area contributed by atoms with Gasteiger partial charge in [0, 0.05) is 16.6 Å². The average Bonchev–Trinajstić information content (AvgIpc) is 2.41. The standard InChI is InChI=1S/C15H20F2N2OS/c1-10-5-2-3-8-13(10)19-15(20)18-11-6-4-7-12(9-11)21-14(16)17/h4,6-7,9-10,13-14H,2-3,5,8H2,1H3,(H2,18,19,20). The zero-order valence-corrected chi connectivity index (χ0v) is 12.8. The zero-order chi connectivity index (χ0) is 15.2. The van der Waals surface area contributed by atoms with Crippen molar-refractivity contribution in [3.63, 3.8) is 0 Å². The molecule has 0 aliphatic heterocycles. The minimum Gasteiger partial charge on any atom is -0.335 e. The maximum atomic E-state index is 12.3. The quantitative estimate of drug-likeness (QED) is 0.791. The molecule has 1 aliphatic rings. The van der Waals surface area contributed by atoms with Gasteiger partial charge in [-0.25, -0.2) is 4.79 Å². The molecule has 21 heavy (non-hydrogen) atoms. The molecule has 0 heterocycles. The molecule has 3 nitrogen and oxygen atoms in total.